The number of carboxylic acid groups (broad SMARTS) is 1. The third-order valence-corrected chi connectivity index (χ3v) is 3.38. The van der Waals surface area contributed by atoms with Crippen LogP contribution in [0.4, 0.5) is 0 Å². The monoisotopic (exact) mass is 320 g/mol. The molecule has 0 radical (unpaired) electrons. The molecule has 3 rings (SSSR count). The second-order valence-corrected chi connectivity index (χ2v) is 5.12. The highest BCUT2D eigenvalue weighted by Gasteiger charge is 2.17. The Bertz CT molecular complexity index is 759. The molecule has 0 aromatic heterocycles. The molecule has 0 bridgehead atoms. The van der Waals surface area contributed by atoms with Crippen LogP contribution in [-0.2, 0) is 0 Å². The number of hydrogen-bond acceptors (Lipinski definition) is 3. The van der Waals surface area contributed by atoms with Crippen LogP contribution in [0.5, 0.6) is 11.5 Å². The summed E-state index contributed by atoms with van der Waals surface area (Å²) >= 11 is 0. The zero-order valence-electron chi connectivity index (χ0n) is 12.8. The number of aromatic carboxylic acids is 1. The van der Waals surface area contributed by atoms with Crippen molar-refractivity contribution in [1.82, 2.24) is 0 Å². The third-order valence-electron chi connectivity index (χ3n) is 3.38. The largest absolute Gasteiger partial charge is 0.478 e. The molecule has 0 aliphatic rings. The van der Waals surface area contributed by atoms with E-state index < -0.39 is 12.3 Å². The molecular weight excluding hydrogens is 304 g/mol. The van der Waals surface area contributed by atoms with E-state index in [0.717, 1.165) is 0 Å². The predicted octanol–water partition coefficient (Wildman–Crippen LogP) is 4.54. The van der Waals surface area contributed by atoms with E-state index in [0.29, 0.717) is 17.1 Å². The fourth-order valence-corrected chi connectivity index (χ4v) is 2.22. The summed E-state index contributed by atoms with van der Waals surface area (Å²) in [6.07, 6.45) is -0.755. The van der Waals surface area contributed by atoms with Gasteiger partial charge in [-0.05, 0) is 36.4 Å². The average molecular weight is 320 g/mol. The minimum atomic E-state index is -0.991. The van der Waals surface area contributed by atoms with Crippen LogP contribution < -0.4 is 9.47 Å². The number of rotatable bonds is 6. The molecule has 120 valence electrons. The van der Waals surface area contributed by atoms with Crippen LogP contribution in [-0.4, -0.2) is 11.1 Å². The number of benzene rings is 3. The molecule has 0 unspecified atom stereocenters. The first kappa shape index (κ1) is 15.6. The second kappa shape index (κ2) is 7.33. The first-order valence-electron chi connectivity index (χ1n) is 7.49. The molecule has 0 amide bonds. The lowest BCUT2D eigenvalue weighted by molar-refractivity contribution is 0.00377. The highest BCUT2D eigenvalue weighted by molar-refractivity contribution is 5.87. The summed E-state index contributed by atoms with van der Waals surface area (Å²) in [7, 11) is 0. The van der Waals surface area contributed by atoms with E-state index in [1.165, 1.54) is 6.07 Å². The van der Waals surface area contributed by atoms with Crippen molar-refractivity contribution < 1.29 is 19.4 Å². The Kier molecular flexibility index (Phi) is 4.77. The van der Waals surface area contributed by atoms with Gasteiger partial charge in [0.2, 0.25) is 0 Å². The lowest BCUT2D eigenvalue weighted by atomic mass is 10.1. The minimum Gasteiger partial charge on any atom is -0.478 e. The Labute approximate surface area is 139 Å². The molecule has 0 fully saturated rings. The van der Waals surface area contributed by atoms with Crippen molar-refractivity contribution in [2.45, 2.75) is 6.29 Å². The van der Waals surface area contributed by atoms with Gasteiger partial charge in [0.15, 0.2) is 0 Å². The molecule has 3 aromatic rings. The van der Waals surface area contributed by atoms with Gasteiger partial charge in [0.1, 0.15) is 11.5 Å². The van der Waals surface area contributed by atoms with Crippen LogP contribution in [0.25, 0.3) is 0 Å². The van der Waals surface area contributed by atoms with E-state index in [2.05, 4.69) is 0 Å². The van der Waals surface area contributed by atoms with Crippen LogP contribution in [0.15, 0.2) is 84.9 Å². The molecule has 0 aliphatic carbocycles. The molecule has 0 heterocycles. The minimum absolute atomic E-state index is 0.186. The summed E-state index contributed by atoms with van der Waals surface area (Å²) in [5, 5.41) is 9.19. The molecule has 0 saturated carbocycles. The van der Waals surface area contributed by atoms with E-state index >= 15 is 0 Å². The first-order chi connectivity index (χ1) is 11.7. The Hall–Kier alpha value is -3.27. The zero-order valence-corrected chi connectivity index (χ0v) is 12.8. The van der Waals surface area contributed by atoms with Crippen molar-refractivity contribution in [3.05, 3.63) is 96.1 Å². The zero-order chi connectivity index (χ0) is 16.8. The maximum atomic E-state index is 11.2. The van der Waals surface area contributed by atoms with E-state index in [-0.39, 0.29) is 5.56 Å². The van der Waals surface area contributed by atoms with Gasteiger partial charge < -0.3 is 14.6 Å². The van der Waals surface area contributed by atoms with E-state index in [1.54, 1.807) is 18.2 Å². The van der Waals surface area contributed by atoms with Gasteiger partial charge in [-0.3, -0.25) is 0 Å². The van der Waals surface area contributed by atoms with E-state index in [1.807, 2.05) is 60.7 Å². The third kappa shape index (κ3) is 3.93. The van der Waals surface area contributed by atoms with Gasteiger partial charge >= 0.3 is 5.97 Å². The summed E-state index contributed by atoms with van der Waals surface area (Å²) in [6, 6.07) is 25.1. The van der Waals surface area contributed by atoms with Gasteiger partial charge in [-0.15, -0.1) is 0 Å². The maximum absolute atomic E-state index is 11.2. The average Bonchev–Trinajstić information content (AvgIpc) is 2.63. The molecule has 4 heteroatoms. The van der Waals surface area contributed by atoms with Gasteiger partial charge in [-0.25, -0.2) is 4.79 Å². The number of carboxylic acids is 1. The van der Waals surface area contributed by atoms with E-state index in [4.69, 9.17) is 9.47 Å². The molecule has 0 aliphatic heterocycles. The van der Waals surface area contributed by atoms with Crippen molar-refractivity contribution in [2.75, 3.05) is 0 Å². The molecule has 0 spiro atoms. The topological polar surface area (TPSA) is 55.8 Å². The van der Waals surface area contributed by atoms with Crippen molar-refractivity contribution in [2.24, 2.45) is 0 Å². The number of carbonyl (C=O) groups is 1. The van der Waals surface area contributed by atoms with Crippen molar-refractivity contribution in [1.29, 1.82) is 0 Å². The van der Waals surface area contributed by atoms with Crippen molar-refractivity contribution >= 4 is 5.97 Å². The van der Waals surface area contributed by atoms with Gasteiger partial charge in [-0.1, -0.05) is 48.5 Å². The summed E-state index contributed by atoms with van der Waals surface area (Å²) in [4.78, 5) is 11.2. The SMILES string of the molecule is O=C(O)c1cccc(C(Oc2ccccc2)Oc2ccccc2)c1. The number of para-hydroxylation sites is 2. The quantitative estimate of drug-likeness (QED) is 0.677. The highest BCUT2D eigenvalue weighted by atomic mass is 16.7. The molecular formula is C20H16O4. The lowest BCUT2D eigenvalue weighted by Crippen LogP contribution is -2.15. The Morgan fingerprint density at radius 1 is 0.750 bits per heavy atom. The molecule has 4 nitrogen and oxygen atoms in total. The van der Waals surface area contributed by atoms with Crippen LogP contribution in [0.3, 0.4) is 0 Å². The molecule has 24 heavy (non-hydrogen) atoms. The fourth-order valence-electron chi connectivity index (χ4n) is 2.22. The molecule has 3 aromatic carbocycles. The van der Waals surface area contributed by atoms with Crippen LogP contribution in [0.1, 0.15) is 22.2 Å². The smallest absolute Gasteiger partial charge is 0.335 e. The summed E-state index contributed by atoms with van der Waals surface area (Å²) in [6.45, 7) is 0. The standard InChI is InChI=1S/C20H16O4/c21-19(22)15-8-7-9-16(14-15)20(23-17-10-3-1-4-11-17)24-18-12-5-2-6-13-18/h1-14,20H,(H,21,22). The maximum Gasteiger partial charge on any atom is 0.335 e. The predicted molar refractivity (Wildman–Crippen MR) is 90.3 cm³/mol. The van der Waals surface area contributed by atoms with Crippen molar-refractivity contribution in [3.8, 4) is 11.5 Å². The second-order valence-electron chi connectivity index (χ2n) is 5.12. The molecule has 0 saturated heterocycles. The Balaban J connectivity index is 1.92. The van der Waals surface area contributed by atoms with Gasteiger partial charge in [-0.2, -0.15) is 0 Å². The van der Waals surface area contributed by atoms with Gasteiger partial charge in [0.05, 0.1) is 5.56 Å². The normalized spacial score (nSPS) is 10.4. The Morgan fingerprint density at radius 3 is 1.79 bits per heavy atom. The summed E-state index contributed by atoms with van der Waals surface area (Å²) in [5.74, 6) is 0.286. The molecule has 0 atom stereocenters. The first-order valence-corrected chi connectivity index (χ1v) is 7.49. The highest BCUT2D eigenvalue weighted by Crippen LogP contribution is 2.26. The van der Waals surface area contributed by atoms with E-state index in [9.17, 15) is 9.90 Å². The Morgan fingerprint density at radius 2 is 1.29 bits per heavy atom. The fraction of sp³-hybridized carbons (Fsp3) is 0.0500. The summed E-state index contributed by atoms with van der Waals surface area (Å²) < 4.78 is 11.8. The molecule has 1 N–H and O–H groups in total. The van der Waals surface area contributed by atoms with Gasteiger partial charge in [0.25, 0.3) is 6.29 Å². The number of ether oxygens (including phenoxy) is 2. The van der Waals surface area contributed by atoms with Crippen LogP contribution >= 0.6 is 0 Å². The van der Waals surface area contributed by atoms with Crippen molar-refractivity contribution in [3.63, 3.8) is 0 Å². The van der Waals surface area contributed by atoms with Crippen LogP contribution in [0, 0.1) is 0 Å². The lowest BCUT2D eigenvalue weighted by Gasteiger charge is -2.21. The number of hydrogen-bond donors (Lipinski definition) is 1. The van der Waals surface area contributed by atoms with Gasteiger partial charge in [0, 0.05) is 5.56 Å². The summed E-state index contributed by atoms with van der Waals surface area (Å²) in [5.41, 5.74) is 0.813. The van der Waals surface area contributed by atoms with Crippen LogP contribution in [0.2, 0.25) is 0 Å².